The number of carbonyl (C=O) groups excluding carboxylic acids is 1. The number of nitrogens with zero attached hydrogens (tertiary/aromatic N) is 5. The number of halogens is 1. The van der Waals surface area contributed by atoms with E-state index in [4.69, 9.17) is 16.6 Å². The Kier molecular flexibility index (Phi) is 9.92. The minimum Gasteiger partial charge on any atom is -0.354 e. The number of piperidine rings is 1. The zero-order chi connectivity index (χ0) is 26.9. The first-order chi connectivity index (χ1) is 19.1. The molecule has 0 N–H and O–H groups in total. The summed E-state index contributed by atoms with van der Waals surface area (Å²) in [6, 6.07) is 22.9. The molecule has 8 heteroatoms. The van der Waals surface area contributed by atoms with Crippen molar-refractivity contribution in [3.8, 4) is 0 Å². The molecule has 2 aliphatic heterocycles. The van der Waals surface area contributed by atoms with E-state index in [1.54, 1.807) is 0 Å². The highest BCUT2D eigenvalue weighted by Crippen LogP contribution is 2.25. The zero-order valence-electron chi connectivity index (χ0n) is 22.3. The second-order valence-electron chi connectivity index (χ2n) is 10.2. The lowest BCUT2D eigenvalue weighted by Crippen LogP contribution is -2.46. The van der Waals surface area contributed by atoms with E-state index in [1.165, 1.54) is 22.9 Å². The molecule has 2 saturated heterocycles. The average Bonchev–Trinajstić information content (AvgIpc) is 2.97. The van der Waals surface area contributed by atoms with Gasteiger partial charge in [-0.05, 0) is 36.3 Å². The number of likely N-dealkylation sites (tertiary alicyclic amines) is 1. The van der Waals surface area contributed by atoms with E-state index in [2.05, 4.69) is 81.5 Å². The van der Waals surface area contributed by atoms with Crippen molar-refractivity contribution in [3.63, 3.8) is 0 Å². The molecule has 0 saturated carbocycles. The molecule has 2 aliphatic rings. The Balaban J connectivity index is 1.06. The van der Waals surface area contributed by atoms with Gasteiger partial charge < -0.3 is 9.80 Å². The first-order valence-corrected chi connectivity index (χ1v) is 15.2. The number of hydrogen-bond acceptors (Lipinski definition) is 6. The average molecular weight is 562 g/mol. The van der Waals surface area contributed by atoms with Crippen LogP contribution in [0.1, 0.15) is 24.0 Å². The molecule has 6 nitrogen and oxygen atoms in total. The molecule has 204 valence electrons. The van der Waals surface area contributed by atoms with Crippen LogP contribution in [0, 0.1) is 5.92 Å². The van der Waals surface area contributed by atoms with Crippen molar-refractivity contribution in [3.05, 3.63) is 89.1 Å². The van der Waals surface area contributed by atoms with Gasteiger partial charge in [-0.1, -0.05) is 96.2 Å². The summed E-state index contributed by atoms with van der Waals surface area (Å²) in [5.41, 5.74) is 2.61. The fraction of sp³-hybridized carbons (Fsp3) is 0.387. The highest BCUT2D eigenvalue weighted by Gasteiger charge is 2.24. The van der Waals surface area contributed by atoms with Crippen molar-refractivity contribution in [2.45, 2.75) is 24.4 Å². The molecule has 3 heterocycles. The first-order valence-electron chi connectivity index (χ1n) is 13.8. The van der Waals surface area contributed by atoms with Crippen LogP contribution >= 0.6 is 23.4 Å². The molecule has 0 atom stereocenters. The van der Waals surface area contributed by atoms with E-state index < -0.39 is 0 Å². The Labute approximate surface area is 241 Å². The molecule has 2 fully saturated rings. The monoisotopic (exact) mass is 561 g/mol. The Hall–Kier alpha value is -2.87. The fourth-order valence-electron chi connectivity index (χ4n) is 5.23. The molecule has 1 amide bonds. The fourth-order valence-corrected chi connectivity index (χ4v) is 6.21. The van der Waals surface area contributed by atoms with Crippen LogP contribution in [0.3, 0.4) is 0 Å². The second kappa shape index (κ2) is 14.0. The van der Waals surface area contributed by atoms with Gasteiger partial charge in [0.15, 0.2) is 5.16 Å². The van der Waals surface area contributed by atoms with Crippen LogP contribution in [-0.4, -0.2) is 77.2 Å². The van der Waals surface area contributed by atoms with Gasteiger partial charge in [0, 0.05) is 51.9 Å². The van der Waals surface area contributed by atoms with Gasteiger partial charge in [-0.3, -0.25) is 9.69 Å². The molecule has 3 aromatic rings. The number of hydrogen-bond donors (Lipinski definition) is 0. The lowest BCUT2D eigenvalue weighted by Gasteiger charge is -2.35. The number of carbonyl (C=O) groups is 1. The molecule has 2 aromatic carbocycles. The quantitative estimate of drug-likeness (QED) is 0.194. The van der Waals surface area contributed by atoms with Gasteiger partial charge in [0.2, 0.25) is 5.91 Å². The van der Waals surface area contributed by atoms with E-state index in [9.17, 15) is 4.79 Å². The van der Waals surface area contributed by atoms with E-state index in [-0.39, 0.29) is 5.91 Å². The van der Waals surface area contributed by atoms with Crippen LogP contribution < -0.4 is 4.90 Å². The van der Waals surface area contributed by atoms with Crippen LogP contribution in [-0.2, 0) is 11.2 Å². The van der Waals surface area contributed by atoms with Gasteiger partial charge in [-0.25, -0.2) is 9.97 Å². The molecule has 5 rings (SSSR count). The standard InChI is InChI=1S/C31H36ClN5OS/c32-28-23-29(36-20-18-35(19-21-36)15-7-12-25-8-3-1-4-9-25)34-31(33-28)39-24-30(38)37-16-13-27(14-17-37)22-26-10-5-2-6-11-26/h1-12,23,27H,13-22,24H2/b12-7+. The van der Waals surface area contributed by atoms with Crippen LogP contribution in [0.25, 0.3) is 6.08 Å². The van der Waals surface area contributed by atoms with Gasteiger partial charge in [-0.2, -0.15) is 0 Å². The summed E-state index contributed by atoms with van der Waals surface area (Å²) in [4.78, 5) is 28.7. The summed E-state index contributed by atoms with van der Waals surface area (Å²) in [5.74, 6) is 1.97. The third-order valence-electron chi connectivity index (χ3n) is 7.49. The van der Waals surface area contributed by atoms with Crippen molar-refractivity contribution >= 4 is 41.2 Å². The summed E-state index contributed by atoms with van der Waals surface area (Å²) >= 11 is 7.75. The van der Waals surface area contributed by atoms with Gasteiger partial charge in [0.05, 0.1) is 5.75 Å². The second-order valence-corrected chi connectivity index (χ2v) is 11.6. The molecule has 0 aliphatic carbocycles. The third-order valence-corrected chi connectivity index (χ3v) is 8.52. The topological polar surface area (TPSA) is 52.6 Å². The number of rotatable bonds is 9. The van der Waals surface area contributed by atoms with Crippen molar-refractivity contribution in [1.29, 1.82) is 0 Å². The molecule has 0 radical (unpaired) electrons. The van der Waals surface area contributed by atoms with E-state index >= 15 is 0 Å². The van der Waals surface area contributed by atoms with Gasteiger partial charge in [0.25, 0.3) is 0 Å². The SMILES string of the molecule is O=C(CSc1nc(Cl)cc(N2CCN(C/C=C/c3ccccc3)CC2)n1)N1CCC(Cc2ccccc2)CC1. The Bertz CT molecular complexity index is 1230. The number of benzene rings is 2. The van der Waals surface area contributed by atoms with E-state index in [0.29, 0.717) is 22.0 Å². The Morgan fingerprint density at radius 3 is 2.33 bits per heavy atom. The summed E-state index contributed by atoms with van der Waals surface area (Å²) in [7, 11) is 0. The predicted molar refractivity (Wildman–Crippen MR) is 161 cm³/mol. The summed E-state index contributed by atoms with van der Waals surface area (Å²) < 4.78 is 0. The summed E-state index contributed by atoms with van der Waals surface area (Å²) in [5, 5.41) is 0.989. The molecule has 0 bridgehead atoms. The lowest BCUT2D eigenvalue weighted by atomic mass is 9.90. The molecule has 0 unspecified atom stereocenters. The van der Waals surface area contributed by atoms with Gasteiger partial charge in [-0.15, -0.1) is 0 Å². The number of aromatic nitrogens is 2. The first kappa shape index (κ1) is 27.7. The highest BCUT2D eigenvalue weighted by molar-refractivity contribution is 7.99. The maximum absolute atomic E-state index is 12.9. The van der Waals surface area contributed by atoms with Crippen molar-refractivity contribution in [2.24, 2.45) is 5.92 Å². The number of amides is 1. The molecule has 39 heavy (non-hydrogen) atoms. The smallest absolute Gasteiger partial charge is 0.233 e. The molecular weight excluding hydrogens is 526 g/mol. The lowest BCUT2D eigenvalue weighted by molar-refractivity contribution is -0.129. The minimum absolute atomic E-state index is 0.153. The van der Waals surface area contributed by atoms with Crippen LogP contribution in [0.15, 0.2) is 78.0 Å². The van der Waals surface area contributed by atoms with E-state index in [1.807, 2.05) is 17.0 Å². The number of thioether (sulfide) groups is 1. The van der Waals surface area contributed by atoms with Gasteiger partial charge in [0.1, 0.15) is 11.0 Å². The van der Waals surface area contributed by atoms with Crippen LogP contribution in [0.5, 0.6) is 0 Å². The van der Waals surface area contributed by atoms with Crippen LogP contribution in [0.2, 0.25) is 5.15 Å². The molecule has 1 aromatic heterocycles. The summed E-state index contributed by atoms with van der Waals surface area (Å²) in [6.07, 6.45) is 7.60. The van der Waals surface area contributed by atoms with Crippen molar-refractivity contribution < 1.29 is 4.79 Å². The maximum Gasteiger partial charge on any atom is 0.233 e. The molecule has 0 spiro atoms. The predicted octanol–water partition coefficient (Wildman–Crippen LogP) is 5.54. The van der Waals surface area contributed by atoms with Crippen LogP contribution in [0.4, 0.5) is 5.82 Å². The minimum atomic E-state index is 0.153. The van der Waals surface area contributed by atoms with Gasteiger partial charge >= 0.3 is 0 Å². The number of anilines is 1. The normalized spacial score (nSPS) is 17.2. The zero-order valence-corrected chi connectivity index (χ0v) is 23.9. The maximum atomic E-state index is 12.9. The van der Waals surface area contributed by atoms with E-state index in [0.717, 1.165) is 70.9 Å². The Morgan fingerprint density at radius 2 is 1.62 bits per heavy atom. The largest absolute Gasteiger partial charge is 0.354 e. The number of piperazine rings is 1. The highest BCUT2D eigenvalue weighted by atomic mass is 35.5. The Morgan fingerprint density at radius 1 is 0.923 bits per heavy atom. The van der Waals surface area contributed by atoms with Crippen molar-refractivity contribution in [2.75, 3.05) is 56.5 Å². The molecular formula is C31H36ClN5OS. The third kappa shape index (κ3) is 8.31. The summed E-state index contributed by atoms with van der Waals surface area (Å²) in [6.45, 7) is 6.26. The van der Waals surface area contributed by atoms with Crippen molar-refractivity contribution in [1.82, 2.24) is 19.8 Å².